The van der Waals surface area contributed by atoms with Crippen LogP contribution in [0.4, 0.5) is 0 Å². The molecular weight excluding hydrogens is 292 g/mol. The van der Waals surface area contributed by atoms with Crippen LogP contribution >= 0.6 is 0 Å². The minimum atomic E-state index is -0.0516. The van der Waals surface area contributed by atoms with E-state index in [-0.39, 0.29) is 5.91 Å². The zero-order valence-corrected chi connectivity index (χ0v) is 13.6. The van der Waals surface area contributed by atoms with Gasteiger partial charge in [-0.05, 0) is 37.6 Å². The number of amides is 1. The van der Waals surface area contributed by atoms with E-state index in [4.69, 9.17) is 9.15 Å². The van der Waals surface area contributed by atoms with Crippen LogP contribution in [0, 0.1) is 13.8 Å². The molecule has 5 heteroatoms. The van der Waals surface area contributed by atoms with Crippen LogP contribution in [-0.2, 0) is 6.61 Å². The van der Waals surface area contributed by atoms with Crippen LogP contribution < -0.4 is 10.1 Å². The highest BCUT2D eigenvalue weighted by molar-refractivity contribution is 5.91. The minimum Gasteiger partial charge on any atom is -0.485 e. The zero-order chi connectivity index (χ0) is 16.2. The quantitative estimate of drug-likeness (QED) is 0.942. The van der Waals surface area contributed by atoms with Crippen molar-refractivity contribution in [3.05, 3.63) is 53.0 Å². The third-order valence-corrected chi connectivity index (χ3v) is 3.98. The maximum Gasteiger partial charge on any atom is 0.289 e. The van der Waals surface area contributed by atoms with E-state index >= 15 is 0 Å². The fraction of sp³-hybridized carbons (Fsp3) is 0.389. The Bertz CT molecular complexity index is 687. The van der Waals surface area contributed by atoms with E-state index in [1.807, 2.05) is 24.0 Å². The third-order valence-electron chi connectivity index (χ3n) is 3.98. The smallest absolute Gasteiger partial charge is 0.289 e. The lowest BCUT2D eigenvalue weighted by Crippen LogP contribution is -2.46. The summed E-state index contributed by atoms with van der Waals surface area (Å²) in [4.78, 5) is 14.2. The van der Waals surface area contributed by atoms with Gasteiger partial charge in [-0.2, -0.15) is 0 Å². The normalized spacial score (nSPS) is 14.8. The van der Waals surface area contributed by atoms with Crippen LogP contribution in [0.1, 0.15) is 27.4 Å². The molecule has 0 saturated carbocycles. The van der Waals surface area contributed by atoms with E-state index in [1.165, 1.54) is 5.56 Å². The van der Waals surface area contributed by atoms with E-state index < -0.39 is 0 Å². The Kier molecular flexibility index (Phi) is 4.67. The highest BCUT2D eigenvalue weighted by atomic mass is 16.5. The highest BCUT2D eigenvalue weighted by Gasteiger charge is 2.20. The number of rotatable bonds is 4. The molecule has 1 N–H and O–H groups in total. The molecule has 0 atom stereocenters. The molecule has 1 aliphatic rings. The standard InChI is InChI=1S/C18H22N2O3/c1-13-3-5-16(14(2)11-13)22-12-15-4-6-17(23-15)18(21)20-9-7-19-8-10-20/h3-6,11,19H,7-10,12H2,1-2H3. The first-order chi connectivity index (χ1) is 11.1. The van der Waals surface area contributed by atoms with Gasteiger partial charge < -0.3 is 19.4 Å². The predicted molar refractivity (Wildman–Crippen MR) is 87.7 cm³/mol. The molecule has 1 saturated heterocycles. The molecule has 0 radical (unpaired) electrons. The van der Waals surface area contributed by atoms with E-state index in [1.54, 1.807) is 12.1 Å². The van der Waals surface area contributed by atoms with Gasteiger partial charge >= 0.3 is 0 Å². The number of furan rings is 1. The van der Waals surface area contributed by atoms with Crippen molar-refractivity contribution in [1.29, 1.82) is 0 Å². The molecule has 23 heavy (non-hydrogen) atoms. The van der Waals surface area contributed by atoms with Crippen LogP contribution in [0.25, 0.3) is 0 Å². The molecule has 2 heterocycles. The van der Waals surface area contributed by atoms with Crippen molar-refractivity contribution >= 4 is 5.91 Å². The average molecular weight is 314 g/mol. The molecule has 0 bridgehead atoms. The van der Waals surface area contributed by atoms with Gasteiger partial charge in [0.25, 0.3) is 5.91 Å². The molecule has 0 aliphatic carbocycles. The van der Waals surface area contributed by atoms with Crippen LogP contribution in [0.15, 0.2) is 34.7 Å². The molecule has 1 fully saturated rings. The summed E-state index contributed by atoms with van der Waals surface area (Å²) in [5.74, 6) is 1.82. The summed E-state index contributed by atoms with van der Waals surface area (Å²) in [6.07, 6.45) is 0. The van der Waals surface area contributed by atoms with E-state index in [0.717, 1.165) is 24.4 Å². The van der Waals surface area contributed by atoms with Crippen molar-refractivity contribution in [3.8, 4) is 5.75 Å². The number of ether oxygens (including phenoxy) is 1. The van der Waals surface area contributed by atoms with Crippen molar-refractivity contribution in [2.24, 2.45) is 0 Å². The number of benzene rings is 1. The molecular formula is C18H22N2O3. The molecule has 1 amide bonds. The second-order valence-corrected chi connectivity index (χ2v) is 5.87. The number of hydrogen-bond acceptors (Lipinski definition) is 4. The van der Waals surface area contributed by atoms with Crippen LogP contribution in [0.5, 0.6) is 5.75 Å². The second-order valence-electron chi connectivity index (χ2n) is 5.87. The number of nitrogens with one attached hydrogen (secondary N) is 1. The second kappa shape index (κ2) is 6.87. The number of aryl methyl sites for hydroxylation is 2. The van der Waals surface area contributed by atoms with Gasteiger partial charge in [0.15, 0.2) is 5.76 Å². The topological polar surface area (TPSA) is 54.7 Å². The summed E-state index contributed by atoms with van der Waals surface area (Å²) in [6.45, 7) is 7.48. The molecule has 0 unspecified atom stereocenters. The molecule has 0 spiro atoms. The van der Waals surface area contributed by atoms with Gasteiger partial charge in [0.2, 0.25) is 0 Å². The Morgan fingerprint density at radius 2 is 2.00 bits per heavy atom. The molecule has 1 aromatic heterocycles. The summed E-state index contributed by atoms with van der Waals surface area (Å²) >= 11 is 0. The maximum atomic E-state index is 12.3. The lowest BCUT2D eigenvalue weighted by atomic mass is 10.1. The third kappa shape index (κ3) is 3.74. The number of nitrogens with zero attached hydrogens (tertiary/aromatic N) is 1. The first-order valence-corrected chi connectivity index (χ1v) is 7.92. The molecule has 1 aromatic carbocycles. The van der Waals surface area contributed by atoms with Crippen molar-refractivity contribution in [1.82, 2.24) is 10.2 Å². The number of hydrogen-bond donors (Lipinski definition) is 1. The van der Waals surface area contributed by atoms with Crippen molar-refractivity contribution in [2.75, 3.05) is 26.2 Å². The number of carbonyl (C=O) groups is 1. The average Bonchev–Trinajstić information content (AvgIpc) is 3.03. The van der Waals surface area contributed by atoms with E-state index in [0.29, 0.717) is 31.2 Å². The van der Waals surface area contributed by atoms with E-state index in [2.05, 4.69) is 18.3 Å². The highest BCUT2D eigenvalue weighted by Crippen LogP contribution is 2.21. The molecule has 1 aliphatic heterocycles. The van der Waals surface area contributed by atoms with Crippen molar-refractivity contribution in [3.63, 3.8) is 0 Å². The predicted octanol–water partition coefficient (Wildman–Crippen LogP) is 2.52. The summed E-state index contributed by atoms with van der Waals surface area (Å²) in [5.41, 5.74) is 2.30. The van der Waals surface area contributed by atoms with Gasteiger partial charge in [-0.15, -0.1) is 0 Å². The minimum absolute atomic E-state index is 0.0516. The summed E-state index contributed by atoms with van der Waals surface area (Å²) in [6, 6.07) is 9.59. The Morgan fingerprint density at radius 1 is 1.22 bits per heavy atom. The largest absolute Gasteiger partial charge is 0.485 e. The Hall–Kier alpha value is -2.27. The summed E-state index contributed by atoms with van der Waals surface area (Å²) in [7, 11) is 0. The van der Waals surface area contributed by atoms with Gasteiger partial charge in [0.05, 0.1) is 0 Å². The van der Waals surface area contributed by atoms with Gasteiger partial charge in [-0.3, -0.25) is 4.79 Å². The Labute approximate surface area is 136 Å². The summed E-state index contributed by atoms with van der Waals surface area (Å²) in [5, 5.41) is 3.23. The zero-order valence-electron chi connectivity index (χ0n) is 13.6. The fourth-order valence-electron chi connectivity index (χ4n) is 2.70. The fourth-order valence-corrected chi connectivity index (χ4v) is 2.70. The number of piperazine rings is 1. The first kappa shape index (κ1) is 15.6. The molecule has 5 nitrogen and oxygen atoms in total. The molecule has 122 valence electrons. The van der Waals surface area contributed by atoms with Crippen LogP contribution in [0.3, 0.4) is 0 Å². The Morgan fingerprint density at radius 3 is 2.74 bits per heavy atom. The lowest BCUT2D eigenvalue weighted by molar-refractivity contribution is 0.0699. The first-order valence-electron chi connectivity index (χ1n) is 7.92. The summed E-state index contributed by atoms with van der Waals surface area (Å²) < 4.78 is 11.4. The van der Waals surface area contributed by atoms with Crippen LogP contribution in [-0.4, -0.2) is 37.0 Å². The monoisotopic (exact) mass is 314 g/mol. The van der Waals surface area contributed by atoms with Gasteiger partial charge in [0, 0.05) is 26.2 Å². The lowest BCUT2D eigenvalue weighted by Gasteiger charge is -2.26. The van der Waals surface area contributed by atoms with Crippen LogP contribution in [0.2, 0.25) is 0 Å². The number of carbonyl (C=O) groups excluding carboxylic acids is 1. The van der Waals surface area contributed by atoms with Crippen molar-refractivity contribution in [2.45, 2.75) is 20.5 Å². The Balaban J connectivity index is 1.61. The van der Waals surface area contributed by atoms with E-state index in [9.17, 15) is 4.79 Å². The van der Waals surface area contributed by atoms with Crippen molar-refractivity contribution < 1.29 is 13.9 Å². The molecule has 2 aromatic rings. The SMILES string of the molecule is Cc1ccc(OCc2ccc(C(=O)N3CCNCC3)o2)c(C)c1. The van der Waals surface area contributed by atoms with Gasteiger partial charge in [-0.1, -0.05) is 17.7 Å². The van der Waals surface area contributed by atoms with Gasteiger partial charge in [0.1, 0.15) is 18.1 Å². The van der Waals surface area contributed by atoms with Gasteiger partial charge in [-0.25, -0.2) is 0 Å². The molecule has 3 rings (SSSR count). The maximum absolute atomic E-state index is 12.3.